The van der Waals surface area contributed by atoms with Gasteiger partial charge in [-0.05, 0) is 31.5 Å². The molecule has 1 aromatic carbocycles. The van der Waals surface area contributed by atoms with Crippen molar-refractivity contribution in [3.05, 3.63) is 39.9 Å². The number of halogens is 1. The number of carbonyl (C=O) groups excluding carboxylic acids is 1. The molecule has 0 aromatic heterocycles. The number of hydrogen-bond donors (Lipinski definition) is 1. The lowest BCUT2D eigenvalue weighted by Gasteiger charge is -2.25. The summed E-state index contributed by atoms with van der Waals surface area (Å²) < 4.78 is 0.838. The summed E-state index contributed by atoms with van der Waals surface area (Å²) >= 11 is 3.35. The fourth-order valence-electron chi connectivity index (χ4n) is 1.87. The van der Waals surface area contributed by atoms with Crippen LogP contribution in [0.2, 0.25) is 0 Å². The lowest BCUT2D eigenvalue weighted by molar-refractivity contribution is 0.0769. The van der Waals surface area contributed by atoms with Gasteiger partial charge in [0.25, 0.3) is 5.91 Å². The van der Waals surface area contributed by atoms with E-state index in [9.17, 15) is 4.79 Å². The Bertz CT molecular complexity index is 462. The van der Waals surface area contributed by atoms with Gasteiger partial charge in [0.2, 0.25) is 0 Å². The second kappa shape index (κ2) is 4.92. The maximum Gasteiger partial charge on any atom is 0.254 e. The van der Waals surface area contributed by atoms with Crippen LogP contribution in [0.15, 0.2) is 34.3 Å². The van der Waals surface area contributed by atoms with Crippen molar-refractivity contribution in [1.29, 1.82) is 0 Å². The molecule has 0 aliphatic carbocycles. The van der Waals surface area contributed by atoms with E-state index >= 15 is 0 Å². The first-order chi connectivity index (χ1) is 8.06. The minimum atomic E-state index is 0.0433. The Kier molecular flexibility index (Phi) is 3.52. The molecule has 0 unspecified atom stereocenters. The maximum absolute atomic E-state index is 12.2. The summed E-state index contributed by atoms with van der Waals surface area (Å²) in [7, 11) is 0. The number of carbonyl (C=O) groups is 1. The normalized spacial score (nSPS) is 15.6. The number of benzene rings is 1. The average molecular weight is 295 g/mol. The molecule has 90 valence electrons. The molecule has 1 aromatic rings. The largest absolute Gasteiger partial charge is 0.399 e. The van der Waals surface area contributed by atoms with Crippen LogP contribution in [-0.4, -0.2) is 23.9 Å². The molecule has 0 bridgehead atoms. The summed E-state index contributed by atoms with van der Waals surface area (Å²) in [5.41, 5.74) is 8.33. The highest BCUT2D eigenvalue weighted by Crippen LogP contribution is 2.20. The van der Waals surface area contributed by atoms with Crippen LogP contribution in [0.5, 0.6) is 0 Å². The number of nitrogen functional groups attached to an aromatic ring is 1. The molecule has 0 atom stereocenters. The number of nitrogens with zero attached hydrogens (tertiary/aromatic N) is 1. The molecular formula is C13H15BrN2O. The van der Waals surface area contributed by atoms with E-state index in [1.165, 1.54) is 5.57 Å². The lowest BCUT2D eigenvalue weighted by atomic mass is 10.1. The summed E-state index contributed by atoms with van der Waals surface area (Å²) in [6.07, 6.45) is 3.05. The molecule has 3 nitrogen and oxygen atoms in total. The van der Waals surface area contributed by atoms with Crippen molar-refractivity contribution in [3.8, 4) is 0 Å². The number of hydrogen-bond acceptors (Lipinski definition) is 2. The highest BCUT2D eigenvalue weighted by Gasteiger charge is 2.17. The molecular weight excluding hydrogens is 280 g/mol. The van der Waals surface area contributed by atoms with Crippen molar-refractivity contribution in [2.75, 3.05) is 18.8 Å². The van der Waals surface area contributed by atoms with Crippen molar-refractivity contribution < 1.29 is 4.79 Å². The SMILES string of the molecule is CC1=CCN(C(=O)c2cc(N)cc(Br)c2)CC1. The molecule has 0 fully saturated rings. The van der Waals surface area contributed by atoms with Gasteiger partial charge >= 0.3 is 0 Å². The minimum Gasteiger partial charge on any atom is -0.399 e. The van der Waals surface area contributed by atoms with Gasteiger partial charge in [0, 0.05) is 28.8 Å². The fraction of sp³-hybridized carbons (Fsp3) is 0.308. The molecule has 1 aliphatic heterocycles. The van der Waals surface area contributed by atoms with Gasteiger partial charge in [-0.3, -0.25) is 4.79 Å². The first kappa shape index (κ1) is 12.2. The lowest BCUT2D eigenvalue weighted by Crippen LogP contribution is -2.34. The van der Waals surface area contributed by atoms with Crippen LogP contribution in [0.25, 0.3) is 0 Å². The number of nitrogens with two attached hydrogens (primary N) is 1. The third kappa shape index (κ3) is 2.88. The van der Waals surface area contributed by atoms with Crippen molar-refractivity contribution in [2.45, 2.75) is 13.3 Å². The summed E-state index contributed by atoms with van der Waals surface area (Å²) in [4.78, 5) is 14.1. The number of anilines is 1. The third-order valence-corrected chi connectivity index (χ3v) is 3.35. The van der Waals surface area contributed by atoms with Crippen molar-refractivity contribution in [3.63, 3.8) is 0 Å². The van der Waals surface area contributed by atoms with Crippen LogP contribution >= 0.6 is 15.9 Å². The molecule has 2 N–H and O–H groups in total. The Hall–Kier alpha value is -1.29. The van der Waals surface area contributed by atoms with E-state index in [1.54, 1.807) is 12.1 Å². The zero-order chi connectivity index (χ0) is 12.4. The quantitative estimate of drug-likeness (QED) is 0.639. The summed E-state index contributed by atoms with van der Waals surface area (Å²) in [6, 6.07) is 5.32. The first-order valence-corrected chi connectivity index (χ1v) is 6.36. The fourth-order valence-corrected chi connectivity index (χ4v) is 2.38. The second-order valence-corrected chi connectivity index (χ2v) is 5.24. The van der Waals surface area contributed by atoms with E-state index < -0.39 is 0 Å². The van der Waals surface area contributed by atoms with Gasteiger partial charge in [-0.1, -0.05) is 27.6 Å². The highest BCUT2D eigenvalue weighted by molar-refractivity contribution is 9.10. The minimum absolute atomic E-state index is 0.0433. The van der Waals surface area contributed by atoms with E-state index in [0.717, 1.165) is 17.4 Å². The molecule has 0 saturated heterocycles. The van der Waals surface area contributed by atoms with Crippen LogP contribution in [0, 0.1) is 0 Å². The maximum atomic E-state index is 12.2. The third-order valence-electron chi connectivity index (χ3n) is 2.89. The Morgan fingerprint density at radius 1 is 1.41 bits per heavy atom. The Balaban J connectivity index is 2.20. The van der Waals surface area contributed by atoms with Gasteiger partial charge in [0.1, 0.15) is 0 Å². The van der Waals surface area contributed by atoms with Crippen LogP contribution in [-0.2, 0) is 0 Å². The molecule has 0 saturated carbocycles. The van der Waals surface area contributed by atoms with E-state index in [4.69, 9.17) is 5.73 Å². The molecule has 4 heteroatoms. The van der Waals surface area contributed by atoms with Crippen molar-refractivity contribution in [1.82, 2.24) is 4.90 Å². The topological polar surface area (TPSA) is 46.3 Å². The van der Waals surface area contributed by atoms with Crippen LogP contribution in [0.4, 0.5) is 5.69 Å². The zero-order valence-electron chi connectivity index (χ0n) is 9.74. The van der Waals surface area contributed by atoms with E-state index in [1.807, 2.05) is 11.0 Å². The van der Waals surface area contributed by atoms with Crippen LogP contribution in [0.1, 0.15) is 23.7 Å². The average Bonchev–Trinajstić information content (AvgIpc) is 2.28. The Labute approximate surface area is 109 Å². The first-order valence-electron chi connectivity index (χ1n) is 5.57. The highest BCUT2D eigenvalue weighted by atomic mass is 79.9. The summed E-state index contributed by atoms with van der Waals surface area (Å²) in [6.45, 7) is 3.57. The smallest absolute Gasteiger partial charge is 0.254 e. The molecule has 1 amide bonds. The molecule has 1 aliphatic rings. The van der Waals surface area contributed by atoms with E-state index in [2.05, 4.69) is 28.9 Å². The molecule has 0 spiro atoms. The van der Waals surface area contributed by atoms with Crippen molar-refractivity contribution in [2.24, 2.45) is 0 Å². The molecule has 1 heterocycles. The zero-order valence-corrected chi connectivity index (χ0v) is 11.3. The van der Waals surface area contributed by atoms with Crippen LogP contribution < -0.4 is 5.73 Å². The van der Waals surface area contributed by atoms with Gasteiger partial charge < -0.3 is 10.6 Å². The van der Waals surface area contributed by atoms with Gasteiger partial charge in [-0.25, -0.2) is 0 Å². The molecule has 2 rings (SSSR count). The predicted octanol–water partition coefficient (Wildman–Crippen LogP) is 2.82. The molecule has 0 radical (unpaired) electrons. The van der Waals surface area contributed by atoms with Gasteiger partial charge in [-0.2, -0.15) is 0 Å². The summed E-state index contributed by atoms with van der Waals surface area (Å²) in [5.74, 6) is 0.0433. The Morgan fingerprint density at radius 2 is 2.18 bits per heavy atom. The Morgan fingerprint density at radius 3 is 2.76 bits per heavy atom. The van der Waals surface area contributed by atoms with Crippen LogP contribution in [0.3, 0.4) is 0 Å². The van der Waals surface area contributed by atoms with Gasteiger partial charge in [0.05, 0.1) is 0 Å². The van der Waals surface area contributed by atoms with Gasteiger partial charge in [-0.15, -0.1) is 0 Å². The number of rotatable bonds is 1. The van der Waals surface area contributed by atoms with Crippen molar-refractivity contribution >= 4 is 27.5 Å². The van der Waals surface area contributed by atoms with Gasteiger partial charge in [0.15, 0.2) is 0 Å². The summed E-state index contributed by atoms with van der Waals surface area (Å²) in [5, 5.41) is 0. The van der Waals surface area contributed by atoms with E-state index in [0.29, 0.717) is 17.8 Å². The standard InChI is InChI=1S/C13H15BrN2O/c1-9-2-4-16(5-3-9)13(17)10-6-11(14)8-12(15)7-10/h2,6-8H,3-5,15H2,1H3. The van der Waals surface area contributed by atoms with E-state index in [-0.39, 0.29) is 5.91 Å². The monoisotopic (exact) mass is 294 g/mol. The number of amides is 1. The second-order valence-electron chi connectivity index (χ2n) is 4.32. The molecule has 17 heavy (non-hydrogen) atoms. The predicted molar refractivity (Wildman–Crippen MR) is 72.8 cm³/mol.